The van der Waals surface area contributed by atoms with E-state index < -0.39 is 0 Å². The van der Waals surface area contributed by atoms with E-state index in [9.17, 15) is 0 Å². The molecule has 1 aromatic heterocycles. The molecule has 2 aliphatic rings. The second-order valence-corrected chi connectivity index (χ2v) is 5.06. The Labute approximate surface area is 81.7 Å². The third-order valence-corrected chi connectivity index (χ3v) is 3.94. The van der Waals surface area contributed by atoms with Gasteiger partial charge in [-0.15, -0.1) is 0 Å². The number of hydrogen-bond acceptors (Lipinski definition) is 3. The van der Waals surface area contributed by atoms with Crippen molar-refractivity contribution in [2.75, 3.05) is 11.5 Å². The molecule has 1 unspecified atom stereocenters. The summed E-state index contributed by atoms with van der Waals surface area (Å²) in [6.07, 6.45) is 3.86. The zero-order chi connectivity index (χ0) is 8.67. The predicted octanol–water partition coefficient (Wildman–Crippen LogP) is 1.90. The molecule has 4 heteroatoms. The minimum absolute atomic E-state index is 0.619. The molecular formula is C9H13N3S. The van der Waals surface area contributed by atoms with Crippen LogP contribution in [0.3, 0.4) is 0 Å². The Morgan fingerprint density at radius 3 is 2.85 bits per heavy atom. The van der Waals surface area contributed by atoms with Crippen LogP contribution in [-0.4, -0.2) is 26.7 Å². The summed E-state index contributed by atoms with van der Waals surface area (Å²) in [5.41, 5.74) is 0. The largest absolute Gasteiger partial charge is 0.263 e. The molecule has 1 N–H and O–H groups in total. The van der Waals surface area contributed by atoms with Crippen LogP contribution in [-0.2, 0) is 0 Å². The van der Waals surface area contributed by atoms with Crippen molar-refractivity contribution in [3.63, 3.8) is 0 Å². The number of nitrogens with zero attached hydrogens (tertiary/aromatic N) is 2. The normalized spacial score (nSPS) is 28.2. The summed E-state index contributed by atoms with van der Waals surface area (Å²) in [6.45, 7) is 0. The van der Waals surface area contributed by atoms with E-state index in [4.69, 9.17) is 0 Å². The van der Waals surface area contributed by atoms with Gasteiger partial charge in [-0.25, -0.2) is 4.98 Å². The lowest BCUT2D eigenvalue weighted by molar-refractivity contribution is 0.721. The van der Waals surface area contributed by atoms with Crippen LogP contribution in [0.15, 0.2) is 0 Å². The summed E-state index contributed by atoms with van der Waals surface area (Å²) < 4.78 is 0. The van der Waals surface area contributed by atoms with Gasteiger partial charge in [-0.1, -0.05) is 0 Å². The monoisotopic (exact) mass is 195 g/mol. The first-order valence-corrected chi connectivity index (χ1v) is 6.09. The van der Waals surface area contributed by atoms with E-state index in [2.05, 4.69) is 15.2 Å². The van der Waals surface area contributed by atoms with Gasteiger partial charge in [0.1, 0.15) is 5.82 Å². The second kappa shape index (κ2) is 3.01. The van der Waals surface area contributed by atoms with E-state index in [-0.39, 0.29) is 0 Å². The van der Waals surface area contributed by atoms with Crippen LogP contribution in [0.5, 0.6) is 0 Å². The molecule has 3 nitrogen and oxygen atoms in total. The number of H-pyrrole nitrogens is 1. The van der Waals surface area contributed by atoms with Crippen molar-refractivity contribution >= 4 is 11.8 Å². The molecule has 3 rings (SSSR count). The third kappa shape index (κ3) is 1.47. The van der Waals surface area contributed by atoms with Gasteiger partial charge in [0.2, 0.25) is 0 Å². The Morgan fingerprint density at radius 1 is 1.23 bits per heavy atom. The van der Waals surface area contributed by atoms with Gasteiger partial charge in [0.25, 0.3) is 0 Å². The van der Waals surface area contributed by atoms with E-state index in [1.54, 1.807) is 0 Å². The SMILES string of the molecule is C1CC(c2n[nH]c(C3CC3)n2)CS1. The molecule has 1 atom stereocenters. The van der Waals surface area contributed by atoms with Crippen LogP contribution in [0.2, 0.25) is 0 Å². The summed E-state index contributed by atoms with van der Waals surface area (Å²) in [5, 5.41) is 7.38. The van der Waals surface area contributed by atoms with Crippen LogP contribution in [0, 0.1) is 0 Å². The average Bonchev–Trinajstić information content (AvgIpc) is 2.72. The van der Waals surface area contributed by atoms with Gasteiger partial charge < -0.3 is 0 Å². The molecule has 0 spiro atoms. The number of thioether (sulfide) groups is 1. The average molecular weight is 195 g/mol. The zero-order valence-corrected chi connectivity index (χ0v) is 8.31. The maximum atomic E-state index is 4.57. The summed E-state index contributed by atoms with van der Waals surface area (Å²) in [7, 11) is 0. The highest BCUT2D eigenvalue weighted by Gasteiger charge is 2.29. The van der Waals surface area contributed by atoms with Crippen LogP contribution in [0.25, 0.3) is 0 Å². The van der Waals surface area contributed by atoms with Crippen LogP contribution >= 0.6 is 11.8 Å². The topological polar surface area (TPSA) is 41.6 Å². The Kier molecular flexibility index (Phi) is 1.82. The van der Waals surface area contributed by atoms with Crippen molar-refractivity contribution in [3.8, 4) is 0 Å². The molecule has 70 valence electrons. The van der Waals surface area contributed by atoms with Gasteiger partial charge in [0, 0.05) is 17.6 Å². The van der Waals surface area contributed by atoms with Crippen molar-refractivity contribution < 1.29 is 0 Å². The zero-order valence-electron chi connectivity index (χ0n) is 7.49. The molecule has 13 heavy (non-hydrogen) atoms. The number of hydrogen-bond donors (Lipinski definition) is 1. The number of aromatic nitrogens is 3. The molecule has 0 aromatic carbocycles. The van der Waals surface area contributed by atoms with Gasteiger partial charge in [-0.3, -0.25) is 5.10 Å². The minimum atomic E-state index is 0.619. The maximum absolute atomic E-state index is 4.57. The van der Waals surface area contributed by atoms with Gasteiger partial charge in [0.15, 0.2) is 5.82 Å². The summed E-state index contributed by atoms with van der Waals surface area (Å²) in [5.74, 6) is 6.00. The molecule has 1 aliphatic carbocycles. The fourth-order valence-electron chi connectivity index (χ4n) is 1.75. The lowest BCUT2D eigenvalue weighted by Crippen LogP contribution is -1.98. The van der Waals surface area contributed by atoms with Crippen molar-refractivity contribution in [2.24, 2.45) is 0 Å². The number of rotatable bonds is 2. The molecule has 0 bridgehead atoms. The molecule has 1 aromatic rings. The van der Waals surface area contributed by atoms with E-state index in [0.717, 1.165) is 11.6 Å². The quantitative estimate of drug-likeness (QED) is 0.783. The summed E-state index contributed by atoms with van der Waals surface area (Å²) in [4.78, 5) is 4.57. The van der Waals surface area contributed by atoms with Crippen molar-refractivity contribution in [1.82, 2.24) is 15.2 Å². The van der Waals surface area contributed by atoms with Gasteiger partial charge >= 0.3 is 0 Å². The molecule has 1 aliphatic heterocycles. The number of nitrogens with one attached hydrogen (secondary N) is 1. The molecule has 1 saturated carbocycles. The molecule has 2 fully saturated rings. The van der Waals surface area contributed by atoms with Crippen LogP contribution < -0.4 is 0 Å². The lowest BCUT2D eigenvalue weighted by Gasteiger charge is -1.99. The van der Waals surface area contributed by atoms with E-state index >= 15 is 0 Å². The lowest BCUT2D eigenvalue weighted by atomic mass is 10.1. The molecule has 0 radical (unpaired) electrons. The second-order valence-electron chi connectivity index (χ2n) is 3.91. The number of aromatic amines is 1. The third-order valence-electron chi connectivity index (χ3n) is 2.78. The van der Waals surface area contributed by atoms with Crippen LogP contribution in [0.4, 0.5) is 0 Å². The van der Waals surface area contributed by atoms with Crippen molar-refractivity contribution in [1.29, 1.82) is 0 Å². The Balaban J connectivity index is 1.79. The van der Waals surface area contributed by atoms with Gasteiger partial charge in [-0.05, 0) is 25.0 Å². The Hall–Kier alpha value is -0.510. The van der Waals surface area contributed by atoms with Crippen molar-refractivity contribution in [3.05, 3.63) is 11.6 Å². The van der Waals surface area contributed by atoms with E-state index in [1.165, 1.54) is 30.8 Å². The standard InChI is InChI=1S/C9H13N3S/c1-2-6(1)8-10-9(12-11-8)7-3-4-13-5-7/h6-7H,1-5H2,(H,10,11,12). The van der Waals surface area contributed by atoms with Gasteiger partial charge in [-0.2, -0.15) is 16.9 Å². The van der Waals surface area contributed by atoms with Crippen LogP contribution in [0.1, 0.15) is 42.7 Å². The van der Waals surface area contributed by atoms with E-state index in [0.29, 0.717) is 11.8 Å². The van der Waals surface area contributed by atoms with E-state index in [1.807, 2.05) is 11.8 Å². The Morgan fingerprint density at radius 2 is 2.15 bits per heavy atom. The predicted molar refractivity (Wildman–Crippen MR) is 53.0 cm³/mol. The van der Waals surface area contributed by atoms with Crippen molar-refractivity contribution in [2.45, 2.75) is 31.1 Å². The highest BCUT2D eigenvalue weighted by atomic mass is 32.2. The fraction of sp³-hybridized carbons (Fsp3) is 0.778. The molecule has 0 amide bonds. The fourth-order valence-corrected chi connectivity index (χ4v) is 2.97. The summed E-state index contributed by atoms with van der Waals surface area (Å²) >= 11 is 2.02. The minimum Gasteiger partial charge on any atom is -0.263 e. The maximum Gasteiger partial charge on any atom is 0.154 e. The molecular weight excluding hydrogens is 182 g/mol. The Bertz CT molecular complexity index is 300. The first kappa shape index (κ1) is 7.85. The highest BCUT2D eigenvalue weighted by Crippen LogP contribution is 2.39. The first-order chi connectivity index (χ1) is 6.43. The molecule has 2 heterocycles. The first-order valence-electron chi connectivity index (χ1n) is 4.93. The smallest absolute Gasteiger partial charge is 0.154 e. The molecule has 1 saturated heterocycles. The summed E-state index contributed by atoms with van der Waals surface area (Å²) in [6, 6.07) is 0. The van der Waals surface area contributed by atoms with Gasteiger partial charge in [0.05, 0.1) is 0 Å². The highest BCUT2D eigenvalue weighted by molar-refractivity contribution is 7.99.